The van der Waals surface area contributed by atoms with Crippen molar-refractivity contribution in [2.24, 2.45) is 0 Å². The average molecular weight is 730 g/mol. The van der Waals surface area contributed by atoms with Crippen LogP contribution in [-0.2, 0) is 0 Å². The van der Waals surface area contributed by atoms with E-state index in [-0.39, 0.29) is 0 Å². The zero-order chi connectivity index (χ0) is 37.5. The third-order valence-electron chi connectivity index (χ3n) is 11.1. The van der Waals surface area contributed by atoms with Gasteiger partial charge in [0, 0.05) is 66.4 Å². The normalized spacial score (nSPS) is 11.9. The minimum atomic E-state index is 0.616. The van der Waals surface area contributed by atoms with Crippen LogP contribution in [-0.4, -0.2) is 24.1 Å². The van der Waals surface area contributed by atoms with E-state index in [2.05, 4.69) is 124 Å². The van der Waals surface area contributed by atoms with Gasteiger partial charge in [0.25, 0.3) is 0 Å². The van der Waals surface area contributed by atoms with Gasteiger partial charge in [-0.15, -0.1) is 0 Å². The van der Waals surface area contributed by atoms with Gasteiger partial charge in [-0.05, 0) is 48.5 Å². The van der Waals surface area contributed by atoms with Crippen LogP contribution in [0.25, 0.3) is 111 Å². The summed E-state index contributed by atoms with van der Waals surface area (Å²) in [7, 11) is 0. The van der Waals surface area contributed by atoms with Gasteiger partial charge in [-0.3, -0.25) is 0 Å². The van der Waals surface area contributed by atoms with E-state index in [0.717, 1.165) is 77.5 Å². The van der Waals surface area contributed by atoms with Gasteiger partial charge in [0.2, 0.25) is 0 Å². The van der Waals surface area contributed by atoms with Crippen molar-refractivity contribution in [2.45, 2.75) is 0 Å². The summed E-state index contributed by atoms with van der Waals surface area (Å²) in [6.45, 7) is 0. The van der Waals surface area contributed by atoms with Crippen molar-refractivity contribution in [1.82, 2.24) is 24.1 Å². The van der Waals surface area contributed by atoms with Gasteiger partial charge in [-0.25, -0.2) is 15.0 Å². The Morgan fingerprint density at radius 1 is 0.333 bits per heavy atom. The number of hydrogen-bond donors (Lipinski definition) is 0. The van der Waals surface area contributed by atoms with Crippen LogP contribution < -0.4 is 0 Å². The summed E-state index contributed by atoms with van der Waals surface area (Å²) >= 11 is 0. The molecule has 4 aromatic heterocycles. The van der Waals surface area contributed by atoms with Crippen LogP contribution in [0.4, 0.5) is 0 Å². The third-order valence-corrected chi connectivity index (χ3v) is 11.1. The predicted octanol–water partition coefficient (Wildman–Crippen LogP) is 13.0. The quantitative estimate of drug-likeness (QED) is 0.177. The summed E-state index contributed by atoms with van der Waals surface area (Å²) in [6, 6.07) is 65.5. The van der Waals surface area contributed by atoms with E-state index >= 15 is 0 Å². The van der Waals surface area contributed by atoms with E-state index in [1.54, 1.807) is 0 Å². The molecule has 0 bridgehead atoms. The van der Waals surface area contributed by atoms with Gasteiger partial charge >= 0.3 is 0 Å². The molecule has 8 aromatic carbocycles. The van der Waals surface area contributed by atoms with Crippen LogP contribution >= 0.6 is 0 Å². The van der Waals surface area contributed by atoms with E-state index in [4.69, 9.17) is 19.4 Å². The van der Waals surface area contributed by atoms with Crippen molar-refractivity contribution in [3.63, 3.8) is 0 Å². The molecule has 57 heavy (non-hydrogen) atoms. The fourth-order valence-electron chi connectivity index (χ4n) is 8.62. The lowest BCUT2D eigenvalue weighted by Gasteiger charge is -2.12. The molecule has 0 aliphatic rings. The molecular formula is C51H31N5O. The molecule has 0 amide bonds. The van der Waals surface area contributed by atoms with Gasteiger partial charge in [0.1, 0.15) is 11.2 Å². The Morgan fingerprint density at radius 3 is 1.67 bits per heavy atom. The smallest absolute Gasteiger partial charge is 0.164 e. The highest BCUT2D eigenvalue weighted by Gasteiger charge is 2.23. The average Bonchev–Trinajstić information content (AvgIpc) is 3.93. The van der Waals surface area contributed by atoms with Gasteiger partial charge in [0.05, 0.1) is 22.1 Å². The molecule has 6 nitrogen and oxygen atoms in total. The van der Waals surface area contributed by atoms with Crippen molar-refractivity contribution in [2.75, 3.05) is 0 Å². The van der Waals surface area contributed by atoms with E-state index < -0.39 is 0 Å². The van der Waals surface area contributed by atoms with Gasteiger partial charge in [0.15, 0.2) is 17.5 Å². The summed E-state index contributed by atoms with van der Waals surface area (Å²) in [5.74, 6) is 1.89. The Morgan fingerprint density at radius 2 is 0.930 bits per heavy atom. The number of nitrogens with zero attached hydrogens (tertiary/aromatic N) is 5. The highest BCUT2D eigenvalue weighted by Crippen LogP contribution is 2.44. The number of hydrogen-bond acceptors (Lipinski definition) is 4. The van der Waals surface area contributed by atoms with Crippen molar-refractivity contribution in [3.05, 3.63) is 188 Å². The van der Waals surface area contributed by atoms with Crippen LogP contribution in [0.15, 0.2) is 192 Å². The number of benzene rings is 8. The zero-order valence-electron chi connectivity index (χ0n) is 30.5. The van der Waals surface area contributed by atoms with Gasteiger partial charge < -0.3 is 13.6 Å². The maximum atomic E-state index is 6.47. The third kappa shape index (κ3) is 4.87. The standard InChI is InChI=1S/C51H31N5O/c1-4-15-32(16-5-1)49-52-50(33-17-6-2-7-18-33)54-51(53-49)34-19-14-22-36(29-34)56-42-25-12-10-23-37(42)39-27-28-43-47(48(39)56)41-30-40-38-24-11-13-26-45(38)57-46(40)31-44(41)55(43)35-20-8-3-9-21-35/h1-31H. The molecule has 266 valence electrons. The fourth-order valence-corrected chi connectivity index (χ4v) is 8.62. The maximum Gasteiger partial charge on any atom is 0.164 e. The Balaban J connectivity index is 1.17. The van der Waals surface area contributed by atoms with Crippen molar-refractivity contribution in [3.8, 4) is 45.5 Å². The first kappa shape index (κ1) is 31.5. The summed E-state index contributed by atoms with van der Waals surface area (Å²) in [4.78, 5) is 15.1. The van der Waals surface area contributed by atoms with Crippen LogP contribution in [0.3, 0.4) is 0 Å². The predicted molar refractivity (Wildman–Crippen MR) is 232 cm³/mol. The zero-order valence-corrected chi connectivity index (χ0v) is 30.5. The molecule has 0 spiro atoms. The molecule has 0 atom stereocenters. The molecule has 6 heteroatoms. The summed E-state index contributed by atoms with van der Waals surface area (Å²) in [6.07, 6.45) is 0. The lowest BCUT2D eigenvalue weighted by Crippen LogP contribution is -2.01. The number of fused-ring (bicyclic) bond motifs is 10. The number of aromatic nitrogens is 5. The minimum absolute atomic E-state index is 0.616. The van der Waals surface area contributed by atoms with E-state index in [9.17, 15) is 0 Å². The highest BCUT2D eigenvalue weighted by molar-refractivity contribution is 6.28. The second-order valence-corrected chi connectivity index (χ2v) is 14.4. The molecule has 0 N–H and O–H groups in total. The van der Waals surface area contributed by atoms with E-state index in [1.807, 2.05) is 72.8 Å². The fraction of sp³-hybridized carbons (Fsp3) is 0. The summed E-state index contributed by atoms with van der Waals surface area (Å²) in [5, 5.41) is 6.93. The summed E-state index contributed by atoms with van der Waals surface area (Å²) in [5.41, 5.74) is 11.1. The van der Waals surface area contributed by atoms with Crippen LogP contribution in [0.1, 0.15) is 0 Å². The molecule has 4 heterocycles. The Hall–Kier alpha value is -7.83. The molecular weight excluding hydrogens is 699 g/mol. The second kappa shape index (κ2) is 12.3. The molecule has 0 unspecified atom stereocenters. The molecule has 0 saturated heterocycles. The maximum absolute atomic E-state index is 6.47. The number of furan rings is 1. The van der Waals surface area contributed by atoms with Crippen molar-refractivity contribution < 1.29 is 4.42 Å². The Labute approximate surface area is 326 Å². The lowest BCUT2D eigenvalue weighted by atomic mass is 10.1. The van der Waals surface area contributed by atoms with E-state index in [1.165, 1.54) is 16.2 Å². The molecule has 12 rings (SSSR count). The number of rotatable bonds is 5. The SMILES string of the molecule is c1ccc(-c2nc(-c3ccccc3)nc(-c3cccc(-n4c5ccccc5c5ccc6c(c7cc8c(cc7n6-c6ccccc6)oc6ccccc68)c54)c3)n2)cc1. The first-order chi connectivity index (χ1) is 28.3. The van der Waals surface area contributed by atoms with Crippen LogP contribution in [0, 0.1) is 0 Å². The van der Waals surface area contributed by atoms with Crippen molar-refractivity contribution >= 4 is 65.6 Å². The number of para-hydroxylation sites is 3. The topological polar surface area (TPSA) is 61.7 Å². The van der Waals surface area contributed by atoms with Crippen LogP contribution in [0.2, 0.25) is 0 Å². The van der Waals surface area contributed by atoms with Gasteiger partial charge in [-0.2, -0.15) is 0 Å². The Bertz CT molecular complexity index is 3450. The van der Waals surface area contributed by atoms with E-state index in [0.29, 0.717) is 17.5 Å². The first-order valence-corrected chi connectivity index (χ1v) is 19.1. The highest BCUT2D eigenvalue weighted by atomic mass is 16.3. The summed E-state index contributed by atoms with van der Waals surface area (Å²) < 4.78 is 11.3. The largest absolute Gasteiger partial charge is 0.456 e. The molecule has 12 aromatic rings. The molecule has 0 aliphatic carbocycles. The lowest BCUT2D eigenvalue weighted by molar-refractivity contribution is 0.669. The molecule has 0 aliphatic heterocycles. The molecule has 0 radical (unpaired) electrons. The first-order valence-electron chi connectivity index (χ1n) is 19.1. The second-order valence-electron chi connectivity index (χ2n) is 14.4. The minimum Gasteiger partial charge on any atom is -0.456 e. The van der Waals surface area contributed by atoms with Crippen LogP contribution in [0.5, 0.6) is 0 Å². The monoisotopic (exact) mass is 729 g/mol. The molecule has 0 fully saturated rings. The van der Waals surface area contributed by atoms with Crippen molar-refractivity contribution in [1.29, 1.82) is 0 Å². The Kier molecular flexibility index (Phi) is 6.83. The molecule has 0 saturated carbocycles. The van der Waals surface area contributed by atoms with Gasteiger partial charge in [-0.1, -0.05) is 133 Å².